The zero-order chi connectivity index (χ0) is 16.8. The molecular formula is C15H13Cl2N3O3. The first kappa shape index (κ1) is 17.1. The van der Waals surface area contributed by atoms with Crippen LogP contribution in [0.5, 0.6) is 0 Å². The number of aromatic nitrogens is 1. The lowest BCUT2D eigenvalue weighted by atomic mass is 10.2. The third-order valence-electron chi connectivity index (χ3n) is 2.91. The molecule has 1 heterocycles. The van der Waals surface area contributed by atoms with Crippen LogP contribution in [0.1, 0.15) is 20.7 Å². The molecule has 2 rings (SSSR count). The van der Waals surface area contributed by atoms with Crippen molar-refractivity contribution in [1.82, 2.24) is 10.3 Å². The molecule has 1 aromatic carbocycles. The summed E-state index contributed by atoms with van der Waals surface area (Å²) in [4.78, 5) is 26.6. The number of hydrogen-bond acceptors (Lipinski definition) is 4. The summed E-state index contributed by atoms with van der Waals surface area (Å²) >= 11 is 11.7. The van der Waals surface area contributed by atoms with Crippen LogP contribution in [0, 0.1) is 0 Å². The maximum atomic E-state index is 11.9. The SMILES string of the molecule is O=C(O)c1ccc(NCCNC(=O)c2ccc(Cl)c(Cl)c2)nc1. The summed E-state index contributed by atoms with van der Waals surface area (Å²) in [6, 6.07) is 7.66. The number of aromatic carboxylic acids is 1. The van der Waals surface area contributed by atoms with Crippen LogP contribution in [0.4, 0.5) is 5.82 Å². The van der Waals surface area contributed by atoms with E-state index < -0.39 is 5.97 Å². The van der Waals surface area contributed by atoms with Gasteiger partial charge in [-0.15, -0.1) is 0 Å². The third-order valence-corrected chi connectivity index (χ3v) is 3.65. The number of hydrogen-bond donors (Lipinski definition) is 3. The van der Waals surface area contributed by atoms with Crippen LogP contribution >= 0.6 is 23.2 Å². The Kier molecular flexibility index (Phi) is 5.78. The average molecular weight is 354 g/mol. The second-order valence-corrected chi connectivity index (χ2v) is 5.36. The quantitative estimate of drug-likeness (QED) is 0.694. The summed E-state index contributed by atoms with van der Waals surface area (Å²) in [5.41, 5.74) is 0.534. The van der Waals surface area contributed by atoms with Crippen molar-refractivity contribution in [3.05, 3.63) is 57.7 Å². The number of benzene rings is 1. The van der Waals surface area contributed by atoms with Crippen molar-refractivity contribution in [2.24, 2.45) is 0 Å². The molecule has 0 saturated carbocycles. The van der Waals surface area contributed by atoms with Gasteiger partial charge in [-0.1, -0.05) is 23.2 Å². The molecule has 0 spiro atoms. The molecule has 0 fully saturated rings. The Morgan fingerprint density at radius 3 is 2.39 bits per heavy atom. The lowest BCUT2D eigenvalue weighted by Gasteiger charge is -2.08. The number of carbonyl (C=O) groups excluding carboxylic acids is 1. The zero-order valence-electron chi connectivity index (χ0n) is 11.8. The number of rotatable bonds is 6. The largest absolute Gasteiger partial charge is 0.478 e. The van der Waals surface area contributed by atoms with Crippen LogP contribution < -0.4 is 10.6 Å². The van der Waals surface area contributed by atoms with Crippen molar-refractivity contribution >= 4 is 40.9 Å². The molecule has 23 heavy (non-hydrogen) atoms. The van der Waals surface area contributed by atoms with Gasteiger partial charge < -0.3 is 15.7 Å². The molecule has 0 saturated heterocycles. The highest BCUT2D eigenvalue weighted by atomic mass is 35.5. The Hall–Kier alpha value is -2.31. The van der Waals surface area contributed by atoms with E-state index in [-0.39, 0.29) is 11.5 Å². The number of amides is 1. The Labute approximate surface area is 142 Å². The first-order valence-electron chi connectivity index (χ1n) is 6.64. The van der Waals surface area contributed by atoms with Gasteiger partial charge >= 0.3 is 5.97 Å². The van der Waals surface area contributed by atoms with Crippen molar-refractivity contribution in [3.63, 3.8) is 0 Å². The van der Waals surface area contributed by atoms with Crippen LogP contribution in [0.25, 0.3) is 0 Å². The highest BCUT2D eigenvalue weighted by Gasteiger charge is 2.07. The standard InChI is InChI=1S/C15H13Cl2N3O3/c16-11-3-1-9(7-12(11)17)14(21)19-6-5-18-13-4-2-10(8-20-13)15(22)23/h1-4,7-8H,5-6H2,(H,18,20)(H,19,21)(H,22,23). The maximum Gasteiger partial charge on any atom is 0.337 e. The van der Waals surface area contributed by atoms with E-state index >= 15 is 0 Å². The smallest absolute Gasteiger partial charge is 0.337 e. The lowest BCUT2D eigenvalue weighted by Crippen LogP contribution is -2.28. The van der Waals surface area contributed by atoms with Crippen molar-refractivity contribution in [2.45, 2.75) is 0 Å². The number of pyridine rings is 1. The Morgan fingerprint density at radius 2 is 1.78 bits per heavy atom. The number of carbonyl (C=O) groups is 2. The van der Waals surface area contributed by atoms with E-state index in [9.17, 15) is 9.59 Å². The number of anilines is 1. The molecule has 1 amide bonds. The molecule has 120 valence electrons. The van der Waals surface area contributed by atoms with Gasteiger partial charge in [-0.3, -0.25) is 4.79 Å². The van der Waals surface area contributed by atoms with Crippen LogP contribution in [-0.4, -0.2) is 35.1 Å². The van der Waals surface area contributed by atoms with Gasteiger partial charge in [-0.25, -0.2) is 9.78 Å². The number of carboxylic acids is 1. The van der Waals surface area contributed by atoms with E-state index in [0.29, 0.717) is 34.5 Å². The second-order valence-electron chi connectivity index (χ2n) is 4.55. The summed E-state index contributed by atoms with van der Waals surface area (Å²) in [6.07, 6.45) is 1.26. The minimum Gasteiger partial charge on any atom is -0.478 e. The normalized spacial score (nSPS) is 10.2. The van der Waals surface area contributed by atoms with Crippen LogP contribution in [0.2, 0.25) is 10.0 Å². The Morgan fingerprint density at radius 1 is 1.04 bits per heavy atom. The van der Waals surface area contributed by atoms with Gasteiger partial charge in [0.1, 0.15) is 5.82 Å². The minimum atomic E-state index is -1.03. The fourth-order valence-electron chi connectivity index (χ4n) is 1.73. The maximum absolute atomic E-state index is 11.9. The lowest BCUT2D eigenvalue weighted by molar-refractivity contribution is 0.0696. The average Bonchev–Trinajstić information content (AvgIpc) is 2.54. The molecule has 0 atom stereocenters. The van der Waals surface area contributed by atoms with Crippen LogP contribution in [0.3, 0.4) is 0 Å². The summed E-state index contributed by atoms with van der Waals surface area (Å²) < 4.78 is 0. The summed E-state index contributed by atoms with van der Waals surface area (Å²) in [5, 5.41) is 15.2. The van der Waals surface area contributed by atoms with E-state index in [0.717, 1.165) is 0 Å². The van der Waals surface area contributed by atoms with E-state index in [2.05, 4.69) is 15.6 Å². The van der Waals surface area contributed by atoms with E-state index in [1.54, 1.807) is 18.2 Å². The van der Waals surface area contributed by atoms with Crippen molar-refractivity contribution in [3.8, 4) is 0 Å². The van der Waals surface area contributed by atoms with Gasteiger partial charge in [0.25, 0.3) is 5.91 Å². The van der Waals surface area contributed by atoms with Gasteiger partial charge in [0.2, 0.25) is 0 Å². The highest BCUT2D eigenvalue weighted by Crippen LogP contribution is 2.22. The number of nitrogens with zero attached hydrogens (tertiary/aromatic N) is 1. The number of nitrogens with one attached hydrogen (secondary N) is 2. The molecule has 0 aliphatic carbocycles. The van der Waals surface area contributed by atoms with Gasteiger partial charge in [-0.2, -0.15) is 0 Å². The predicted octanol–water partition coefficient (Wildman–Crippen LogP) is 2.93. The molecule has 0 unspecified atom stereocenters. The fourth-order valence-corrected chi connectivity index (χ4v) is 2.03. The van der Waals surface area contributed by atoms with Crippen LogP contribution in [-0.2, 0) is 0 Å². The molecule has 0 aliphatic heterocycles. The third kappa shape index (κ3) is 4.84. The molecule has 0 aliphatic rings. The Bertz CT molecular complexity index is 720. The van der Waals surface area contributed by atoms with Crippen molar-refractivity contribution < 1.29 is 14.7 Å². The molecule has 3 N–H and O–H groups in total. The topological polar surface area (TPSA) is 91.3 Å². The molecule has 0 bridgehead atoms. The van der Waals surface area contributed by atoms with Gasteiger partial charge in [-0.05, 0) is 30.3 Å². The van der Waals surface area contributed by atoms with E-state index in [4.69, 9.17) is 28.3 Å². The zero-order valence-corrected chi connectivity index (χ0v) is 13.4. The summed E-state index contributed by atoms with van der Waals surface area (Å²) in [7, 11) is 0. The van der Waals surface area contributed by atoms with E-state index in [1.807, 2.05) is 0 Å². The summed E-state index contributed by atoms with van der Waals surface area (Å²) in [6.45, 7) is 0.800. The van der Waals surface area contributed by atoms with Crippen molar-refractivity contribution in [2.75, 3.05) is 18.4 Å². The molecule has 0 radical (unpaired) electrons. The first-order valence-corrected chi connectivity index (χ1v) is 7.39. The Balaban J connectivity index is 1.79. The number of halogens is 2. The molecule has 6 nitrogen and oxygen atoms in total. The van der Waals surface area contributed by atoms with Crippen molar-refractivity contribution in [1.29, 1.82) is 0 Å². The summed E-state index contributed by atoms with van der Waals surface area (Å²) in [5.74, 6) is -0.767. The highest BCUT2D eigenvalue weighted by molar-refractivity contribution is 6.42. The molecular weight excluding hydrogens is 341 g/mol. The molecule has 2 aromatic rings. The monoisotopic (exact) mass is 353 g/mol. The second kappa shape index (κ2) is 7.80. The minimum absolute atomic E-state index is 0.114. The van der Waals surface area contributed by atoms with Gasteiger partial charge in [0.05, 0.1) is 15.6 Å². The van der Waals surface area contributed by atoms with Crippen LogP contribution in [0.15, 0.2) is 36.5 Å². The number of carboxylic acid groups (broad SMARTS) is 1. The molecule has 1 aromatic heterocycles. The predicted molar refractivity (Wildman–Crippen MR) is 88.5 cm³/mol. The van der Waals surface area contributed by atoms with Gasteiger partial charge in [0.15, 0.2) is 0 Å². The fraction of sp³-hybridized carbons (Fsp3) is 0.133. The van der Waals surface area contributed by atoms with Gasteiger partial charge in [0, 0.05) is 24.8 Å². The molecule has 8 heteroatoms. The van der Waals surface area contributed by atoms with E-state index in [1.165, 1.54) is 18.3 Å². The first-order chi connectivity index (χ1) is 11.0.